The first-order valence-electron chi connectivity index (χ1n) is 3.83. The van der Waals surface area contributed by atoms with Crippen LogP contribution in [0.2, 0.25) is 25.2 Å². The lowest BCUT2D eigenvalue weighted by Crippen LogP contribution is -1.67. The van der Waals surface area contributed by atoms with Crippen molar-refractivity contribution in [2.45, 2.75) is 46.5 Å². The second-order valence-electron chi connectivity index (χ2n) is 2.00. The lowest BCUT2D eigenvalue weighted by atomic mass is 11.0. The summed E-state index contributed by atoms with van der Waals surface area (Å²) < 4.78 is 0. The molecule has 0 fully saturated rings. The van der Waals surface area contributed by atoms with Crippen molar-refractivity contribution in [1.29, 1.82) is 0 Å². The van der Waals surface area contributed by atoms with Crippen LogP contribution in [0.25, 0.3) is 0 Å². The summed E-state index contributed by atoms with van der Waals surface area (Å²) in [6.45, 7) is 9.12. The van der Waals surface area contributed by atoms with Gasteiger partial charge in [-0.05, 0) is 0 Å². The van der Waals surface area contributed by atoms with E-state index in [2.05, 4.69) is 26.9 Å². The molecule has 60 valence electrons. The molecule has 0 spiro atoms. The van der Waals surface area contributed by atoms with Crippen molar-refractivity contribution in [3.8, 4) is 0 Å². The SMILES string of the molecule is C.CC[SiH2]C.CC[SiH2]C. The molecule has 0 aromatic rings. The zero-order chi connectivity index (χ0) is 6.83. The Morgan fingerprint density at radius 2 is 1.00 bits per heavy atom. The van der Waals surface area contributed by atoms with Gasteiger partial charge < -0.3 is 0 Å². The van der Waals surface area contributed by atoms with Crippen LogP contribution >= 0.6 is 0 Å². The molecule has 0 unspecified atom stereocenters. The fourth-order valence-corrected chi connectivity index (χ4v) is 0. The Bertz CT molecular complexity index is 14.9. The largest absolute Gasteiger partial charge is 0.0776 e. The minimum Gasteiger partial charge on any atom is -0.0776 e. The van der Waals surface area contributed by atoms with Gasteiger partial charge in [-0.15, -0.1) is 0 Å². The van der Waals surface area contributed by atoms with E-state index >= 15 is 0 Å². The van der Waals surface area contributed by atoms with E-state index in [9.17, 15) is 0 Å². The van der Waals surface area contributed by atoms with Crippen LogP contribution in [-0.2, 0) is 0 Å². The molecule has 0 nitrogen and oxygen atoms in total. The lowest BCUT2D eigenvalue weighted by molar-refractivity contribution is 1.45. The van der Waals surface area contributed by atoms with Crippen molar-refractivity contribution in [3.63, 3.8) is 0 Å². The Morgan fingerprint density at radius 3 is 1.00 bits per heavy atom. The zero-order valence-electron chi connectivity index (χ0n) is 6.83. The van der Waals surface area contributed by atoms with Gasteiger partial charge in [-0.2, -0.15) is 0 Å². The molecule has 9 heavy (non-hydrogen) atoms. The maximum atomic E-state index is 2.32. The van der Waals surface area contributed by atoms with Gasteiger partial charge in [-0.1, -0.05) is 46.5 Å². The molecule has 0 bridgehead atoms. The molecule has 0 rings (SSSR count). The van der Waals surface area contributed by atoms with Gasteiger partial charge in [0.2, 0.25) is 0 Å². The van der Waals surface area contributed by atoms with Crippen LogP contribution in [0.15, 0.2) is 0 Å². The highest BCUT2D eigenvalue weighted by atomic mass is 28.2. The first kappa shape index (κ1) is 16.2. The van der Waals surface area contributed by atoms with Crippen LogP contribution in [0.1, 0.15) is 21.3 Å². The van der Waals surface area contributed by atoms with Gasteiger partial charge in [0.15, 0.2) is 0 Å². The minimum atomic E-state index is 0. The molecule has 0 heterocycles. The van der Waals surface area contributed by atoms with E-state index in [-0.39, 0.29) is 7.43 Å². The topological polar surface area (TPSA) is 0 Å². The average Bonchev–Trinajstić information content (AvgIpc) is 1.88. The van der Waals surface area contributed by atoms with Gasteiger partial charge in [0.05, 0.1) is 0 Å². The molecule has 0 aliphatic rings. The summed E-state index contributed by atoms with van der Waals surface area (Å²) in [6, 6.07) is 2.92. The van der Waals surface area contributed by atoms with Crippen molar-refractivity contribution < 1.29 is 0 Å². The third kappa shape index (κ3) is 58.9. The van der Waals surface area contributed by atoms with Gasteiger partial charge in [-0.3, -0.25) is 0 Å². The molecular formula is C7H24Si2. The maximum Gasteiger partial charge on any atom is 0.0163 e. The fraction of sp³-hybridized carbons (Fsp3) is 1.00. The maximum absolute atomic E-state index is 2.32. The molecule has 0 aromatic carbocycles. The predicted molar refractivity (Wildman–Crippen MR) is 56.5 cm³/mol. The predicted octanol–water partition coefficient (Wildman–Crippen LogP) is 1.92. The molecule has 0 saturated heterocycles. The van der Waals surface area contributed by atoms with Crippen LogP contribution < -0.4 is 0 Å². The van der Waals surface area contributed by atoms with E-state index in [1.807, 2.05) is 0 Å². The lowest BCUT2D eigenvalue weighted by Gasteiger charge is -1.66. The van der Waals surface area contributed by atoms with Gasteiger partial charge in [0.1, 0.15) is 0 Å². The van der Waals surface area contributed by atoms with Crippen LogP contribution in [0.4, 0.5) is 0 Å². The Hall–Kier alpha value is 0.434. The second-order valence-corrected chi connectivity index (χ2v) is 6.00. The molecular weight excluding hydrogens is 140 g/mol. The van der Waals surface area contributed by atoms with Gasteiger partial charge in [0.25, 0.3) is 0 Å². The van der Waals surface area contributed by atoms with Crippen LogP contribution in [0.3, 0.4) is 0 Å². The van der Waals surface area contributed by atoms with Crippen molar-refractivity contribution in [2.24, 2.45) is 0 Å². The Morgan fingerprint density at radius 1 is 0.889 bits per heavy atom. The van der Waals surface area contributed by atoms with E-state index in [1.165, 1.54) is 12.1 Å². The molecule has 0 N–H and O–H groups in total. The summed E-state index contributed by atoms with van der Waals surface area (Å²) in [5.41, 5.74) is 0. The van der Waals surface area contributed by atoms with Crippen molar-refractivity contribution in [2.75, 3.05) is 0 Å². The Balaban J connectivity index is -0.0000000720. The summed E-state index contributed by atoms with van der Waals surface area (Å²) in [6.07, 6.45) is 0. The standard InChI is InChI=1S/2C3H10Si.CH4/c2*1-3-4-2;/h2*3-4H2,1-2H3;1H4. The second kappa shape index (κ2) is 23.7. The zero-order valence-corrected chi connectivity index (χ0v) is 9.66. The third-order valence-electron chi connectivity index (χ3n) is 1.000. The van der Waals surface area contributed by atoms with Crippen molar-refractivity contribution >= 4 is 19.0 Å². The Kier molecular flexibility index (Phi) is 42.7. The van der Waals surface area contributed by atoms with Crippen molar-refractivity contribution in [3.05, 3.63) is 0 Å². The van der Waals surface area contributed by atoms with Crippen LogP contribution in [0, 0.1) is 0 Å². The number of hydrogen-bond acceptors (Lipinski definition) is 0. The average molecular weight is 164 g/mol. The smallest absolute Gasteiger partial charge is 0.0163 e. The highest BCUT2D eigenvalue weighted by Gasteiger charge is 1.59. The third-order valence-corrected chi connectivity index (χ3v) is 3.00. The Labute approximate surface area is 66.1 Å². The van der Waals surface area contributed by atoms with E-state index in [0.29, 0.717) is 19.0 Å². The molecule has 0 amide bonds. The molecule has 0 saturated carbocycles. The summed E-state index contributed by atoms with van der Waals surface area (Å²) in [7, 11) is 0.849. The molecule has 0 aromatic heterocycles. The number of rotatable bonds is 2. The van der Waals surface area contributed by atoms with Crippen LogP contribution in [0.5, 0.6) is 0 Å². The first-order valence-corrected chi connectivity index (χ1v) is 8.66. The normalized spacial score (nSPS) is 9.33. The van der Waals surface area contributed by atoms with Gasteiger partial charge in [-0.25, -0.2) is 0 Å². The highest BCUT2D eigenvalue weighted by Crippen LogP contribution is 1.65. The van der Waals surface area contributed by atoms with Crippen molar-refractivity contribution in [1.82, 2.24) is 0 Å². The monoisotopic (exact) mass is 164 g/mol. The molecule has 0 radical (unpaired) electrons. The summed E-state index contributed by atoms with van der Waals surface area (Å²) >= 11 is 0. The van der Waals surface area contributed by atoms with Crippen LogP contribution in [-0.4, -0.2) is 19.0 Å². The van der Waals surface area contributed by atoms with E-state index in [0.717, 1.165) is 0 Å². The molecule has 0 aliphatic heterocycles. The highest BCUT2D eigenvalue weighted by molar-refractivity contribution is 6.33. The number of hydrogen-bond donors (Lipinski definition) is 0. The van der Waals surface area contributed by atoms with Gasteiger partial charge in [0, 0.05) is 19.0 Å². The summed E-state index contributed by atoms with van der Waals surface area (Å²) in [5.74, 6) is 0. The molecule has 0 aliphatic carbocycles. The molecule has 0 atom stereocenters. The molecule has 2 heteroatoms. The van der Waals surface area contributed by atoms with E-state index in [1.54, 1.807) is 0 Å². The minimum absolute atomic E-state index is 0. The van der Waals surface area contributed by atoms with E-state index in [4.69, 9.17) is 0 Å². The first-order chi connectivity index (χ1) is 3.83. The van der Waals surface area contributed by atoms with Gasteiger partial charge >= 0.3 is 0 Å². The fourth-order valence-electron chi connectivity index (χ4n) is 0. The summed E-state index contributed by atoms with van der Waals surface area (Å²) in [4.78, 5) is 0. The van der Waals surface area contributed by atoms with E-state index < -0.39 is 0 Å². The summed E-state index contributed by atoms with van der Waals surface area (Å²) in [5, 5.41) is 0. The quantitative estimate of drug-likeness (QED) is 0.547.